The lowest BCUT2D eigenvalue weighted by Crippen LogP contribution is -2.32. The van der Waals surface area contributed by atoms with Crippen molar-refractivity contribution in [3.63, 3.8) is 0 Å². The van der Waals surface area contributed by atoms with Gasteiger partial charge in [0.1, 0.15) is 5.75 Å². The molecule has 2 amide bonds. The fourth-order valence-corrected chi connectivity index (χ4v) is 2.42. The van der Waals surface area contributed by atoms with E-state index >= 15 is 0 Å². The van der Waals surface area contributed by atoms with Gasteiger partial charge in [-0.25, -0.2) is 0 Å². The van der Waals surface area contributed by atoms with E-state index in [0.717, 1.165) is 11.3 Å². The second-order valence-electron chi connectivity index (χ2n) is 5.29. The fourth-order valence-electron chi connectivity index (χ4n) is 2.42. The van der Waals surface area contributed by atoms with Gasteiger partial charge in [0.2, 0.25) is 5.91 Å². The third kappa shape index (κ3) is 4.25. The number of anilines is 1. The third-order valence-corrected chi connectivity index (χ3v) is 3.61. The Morgan fingerprint density at radius 3 is 2.50 bits per heavy atom. The summed E-state index contributed by atoms with van der Waals surface area (Å²) in [6, 6.07) is 14.1. The van der Waals surface area contributed by atoms with Crippen LogP contribution in [0, 0.1) is 0 Å². The molecule has 0 radical (unpaired) electrons. The molecule has 4 N–H and O–H groups in total. The Morgan fingerprint density at radius 1 is 1.12 bits per heavy atom. The van der Waals surface area contributed by atoms with Crippen molar-refractivity contribution in [1.82, 2.24) is 5.32 Å². The van der Waals surface area contributed by atoms with E-state index in [4.69, 9.17) is 10.5 Å². The zero-order valence-electron chi connectivity index (χ0n) is 13.7. The van der Waals surface area contributed by atoms with E-state index in [9.17, 15) is 9.59 Å². The molecule has 0 aliphatic carbocycles. The number of hydrogen-bond acceptors (Lipinski definition) is 4. The van der Waals surface area contributed by atoms with E-state index in [2.05, 4.69) is 10.6 Å². The molecule has 24 heavy (non-hydrogen) atoms. The van der Waals surface area contributed by atoms with Crippen LogP contribution in [0.5, 0.6) is 5.75 Å². The summed E-state index contributed by atoms with van der Waals surface area (Å²) in [6.45, 7) is 1.91. The van der Waals surface area contributed by atoms with Crippen LogP contribution in [0.1, 0.15) is 28.9 Å². The minimum Gasteiger partial charge on any atom is -0.496 e. The molecule has 2 rings (SSSR count). The molecule has 0 heterocycles. The first-order valence-corrected chi connectivity index (χ1v) is 7.58. The Kier molecular flexibility index (Phi) is 5.78. The molecule has 0 aliphatic heterocycles. The number of para-hydroxylation sites is 2. The lowest BCUT2D eigenvalue weighted by atomic mass is 10.1. The molecule has 0 unspecified atom stereocenters. The number of carbonyl (C=O) groups excluding carboxylic acids is 2. The lowest BCUT2D eigenvalue weighted by Gasteiger charge is -2.18. The number of carbonyl (C=O) groups is 2. The van der Waals surface area contributed by atoms with Gasteiger partial charge in [-0.1, -0.05) is 30.3 Å². The number of benzene rings is 2. The van der Waals surface area contributed by atoms with Gasteiger partial charge in [0, 0.05) is 11.3 Å². The molecule has 0 fully saturated rings. The average Bonchev–Trinajstić information content (AvgIpc) is 2.60. The number of primary amides is 1. The lowest BCUT2D eigenvalue weighted by molar-refractivity contribution is -0.120. The van der Waals surface area contributed by atoms with Crippen LogP contribution in [0.3, 0.4) is 0 Å². The summed E-state index contributed by atoms with van der Waals surface area (Å²) in [7, 11) is 1.59. The average molecular weight is 327 g/mol. The normalized spacial score (nSPS) is 11.4. The fraction of sp³-hybridized carbons (Fsp3) is 0.222. The summed E-state index contributed by atoms with van der Waals surface area (Å²) in [5, 5.41) is 5.83. The van der Waals surface area contributed by atoms with Crippen LogP contribution in [-0.4, -0.2) is 25.5 Å². The summed E-state index contributed by atoms with van der Waals surface area (Å²) in [5.41, 5.74) is 7.09. The minimum absolute atomic E-state index is 0.0315. The van der Waals surface area contributed by atoms with Gasteiger partial charge in [-0.3, -0.25) is 9.59 Å². The number of amides is 2. The largest absolute Gasteiger partial charge is 0.496 e. The molecule has 0 saturated heterocycles. The zero-order chi connectivity index (χ0) is 17.5. The van der Waals surface area contributed by atoms with Crippen LogP contribution < -0.4 is 21.1 Å². The Hall–Kier alpha value is -3.02. The van der Waals surface area contributed by atoms with Gasteiger partial charge in [0.05, 0.1) is 25.3 Å². The van der Waals surface area contributed by atoms with Gasteiger partial charge < -0.3 is 21.1 Å². The van der Waals surface area contributed by atoms with Crippen molar-refractivity contribution in [2.45, 2.75) is 13.0 Å². The number of methoxy groups -OCH3 is 1. The highest BCUT2D eigenvalue weighted by molar-refractivity contribution is 5.99. The third-order valence-electron chi connectivity index (χ3n) is 3.61. The summed E-state index contributed by atoms with van der Waals surface area (Å²) in [5.74, 6) is -0.0223. The van der Waals surface area contributed by atoms with Crippen molar-refractivity contribution in [2.24, 2.45) is 5.73 Å². The van der Waals surface area contributed by atoms with Gasteiger partial charge in [0.15, 0.2) is 0 Å². The first-order chi connectivity index (χ1) is 11.5. The molecule has 6 nitrogen and oxygen atoms in total. The Labute approximate surface area is 141 Å². The van der Waals surface area contributed by atoms with Crippen molar-refractivity contribution in [2.75, 3.05) is 19.0 Å². The number of ether oxygens (including phenoxy) is 1. The van der Waals surface area contributed by atoms with Gasteiger partial charge >= 0.3 is 0 Å². The van der Waals surface area contributed by atoms with Crippen LogP contribution >= 0.6 is 0 Å². The van der Waals surface area contributed by atoms with Crippen LogP contribution in [-0.2, 0) is 4.79 Å². The standard InChI is InChI=1S/C18H21N3O3/c1-12(13-7-4-6-10-16(13)24-2)21-17(22)11-20-15-9-5-3-8-14(15)18(19)23/h3-10,12,20H,11H2,1-2H3,(H2,19,23)(H,21,22)/t12-/m1/s1. The summed E-state index contributed by atoms with van der Waals surface area (Å²) in [6.07, 6.45) is 0. The monoisotopic (exact) mass is 327 g/mol. The van der Waals surface area contributed by atoms with Crippen molar-refractivity contribution >= 4 is 17.5 Å². The molecular weight excluding hydrogens is 306 g/mol. The maximum absolute atomic E-state index is 12.2. The highest BCUT2D eigenvalue weighted by Crippen LogP contribution is 2.24. The van der Waals surface area contributed by atoms with Crippen LogP contribution in [0.25, 0.3) is 0 Å². The zero-order valence-corrected chi connectivity index (χ0v) is 13.7. The first-order valence-electron chi connectivity index (χ1n) is 7.58. The molecule has 0 bridgehead atoms. The minimum atomic E-state index is -0.541. The Morgan fingerprint density at radius 2 is 1.79 bits per heavy atom. The SMILES string of the molecule is COc1ccccc1[C@@H](C)NC(=O)CNc1ccccc1C(N)=O. The van der Waals surface area contributed by atoms with Gasteiger partial charge in [-0.2, -0.15) is 0 Å². The van der Waals surface area contributed by atoms with Crippen LogP contribution in [0.4, 0.5) is 5.69 Å². The molecule has 2 aromatic carbocycles. The summed E-state index contributed by atoms with van der Waals surface area (Å²) >= 11 is 0. The number of nitrogens with one attached hydrogen (secondary N) is 2. The van der Waals surface area contributed by atoms with Crippen molar-refractivity contribution < 1.29 is 14.3 Å². The molecular formula is C18H21N3O3. The smallest absolute Gasteiger partial charge is 0.250 e. The molecule has 0 spiro atoms. The van der Waals surface area contributed by atoms with E-state index in [0.29, 0.717) is 11.3 Å². The number of nitrogens with two attached hydrogens (primary N) is 1. The Balaban J connectivity index is 1.98. The number of rotatable bonds is 7. The quantitative estimate of drug-likeness (QED) is 0.726. The molecule has 2 aromatic rings. The second-order valence-corrected chi connectivity index (χ2v) is 5.29. The van der Waals surface area contributed by atoms with Crippen LogP contribution in [0.15, 0.2) is 48.5 Å². The molecule has 126 valence electrons. The van der Waals surface area contributed by atoms with E-state index in [1.54, 1.807) is 31.4 Å². The van der Waals surface area contributed by atoms with E-state index in [1.807, 2.05) is 31.2 Å². The van der Waals surface area contributed by atoms with Gasteiger partial charge in [0.25, 0.3) is 5.91 Å². The van der Waals surface area contributed by atoms with Gasteiger partial charge in [-0.15, -0.1) is 0 Å². The first kappa shape index (κ1) is 17.3. The molecule has 1 atom stereocenters. The summed E-state index contributed by atoms with van der Waals surface area (Å²) < 4.78 is 5.30. The van der Waals surface area contributed by atoms with Crippen molar-refractivity contribution in [3.8, 4) is 5.75 Å². The predicted octanol–water partition coefficient (Wildman–Crippen LogP) is 2.08. The summed E-state index contributed by atoms with van der Waals surface area (Å²) in [4.78, 5) is 23.5. The molecule has 0 aromatic heterocycles. The van der Waals surface area contributed by atoms with Crippen LogP contribution in [0.2, 0.25) is 0 Å². The second kappa shape index (κ2) is 8.01. The molecule has 0 aliphatic rings. The van der Waals surface area contributed by atoms with Crippen molar-refractivity contribution in [3.05, 3.63) is 59.7 Å². The topological polar surface area (TPSA) is 93.4 Å². The van der Waals surface area contributed by atoms with E-state index < -0.39 is 5.91 Å². The molecule has 6 heteroatoms. The number of hydrogen-bond donors (Lipinski definition) is 3. The Bertz CT molecular complexity index is 731. The van der Waals surface area contributed by atoms with E-state index in [-0.39, 0.29) is 18.5 Å². The predicted molar refractivity (Wildman–Crippen MR) is 93.0 cm³/mol. The highest BCUT2D eigenvalue weighted by atomic mass is 16.5. The maximum atomic E-state index is 12.2. The van der Waals surface area contributed by atoms with Crippen molar-refractivity contribution in [1.29, 1.82) is 0 Å². The highest BCUT2D eigenvalue weighted by Gasteiger charge is 2.14. The van der Waals surface area contributed by atoms with E-state index in [1.165, 1.54) is 0 Å². The molecule has 0 saturated carbocycles. The van der Waals surface area contributed by atoms with Gasteiger partial charge in [-0.05, 0) is 25.1 Å². The maximum Gasteiger partial charge on any atom is 0.250 e.